The summed E-state index contributed by atoms with van der Waals surface area (Å²) in [4.78, 5) is 26.0. The lowest BCUT2D eigenvalue weighted by molar-refractivity contribution is -0.00765. The van der Waals surface area contributed by atoms with Crippen molar-refractivity contribution in [3.63, 3.8) is 0 Å². The van der Waals surface area contributed by atoms with E-state index >= 15 is 0 Å². The van der Waals surface area contributed by atoms with Crippen molar-refractivity contribution in [2.75, 3.05) is 12.4 Å². The van der Waals surface area contributed by atoms with E-state index in [9.17, 15) is 9.59 Å². The number of nitrogens with one attached hydrogen (secondary N) is 1. The van der Waals surface area contributed by atoms with Crippen LogP contribution in [0.1, 0.15) is 70.5 Å². The third kappa shape index (κ3) is 4.41. The molecule has 1 amide bonds. The molecule has 4 bridgehead atoms. The number of hydrogen-bond donors (Lipinski definition) is 1. The summed E-state index contributed by atoms with van der Waals surface area (Å²) in [6.45, 7) is 0.381. The van der Waals surface area contributed by atoms with Crippen LogP contribution in [0.2, 0.25) is 0 Å². The Hall–Kier alpha value is -4.20. The molecule has 0 radical (unpaired) electrons. The molecule has 4 aromatic rings. The first-order chi connectivity index (χ1) is 19.5. The van der Waals surface area contributed by atoms with E-state index in [-0.39, 0.29) is 17.3 Å². The molecule has 4 saturated carbocycles. The number of esters is 1. The Morgan fingerprint density at radius 1 is 0.925 bits per heavy atom. The van der Waals surface area contributed by atoms with Crippen LogP contribution in [0.15, 0.2) is 73.2 Å². The van der Waals surface area contributed by atoms with Crippen molar-refractivity contribution in [3.8, 4) is 5.69 Å². The Labute approximate surface area is 233 Å². The molecule has 8 rings (SSSR count). The number of nitrogens with zero attached hydrogens (tertiary/aromatic N) is 4. The Balaban J connectivity index is 1.18. The van der Waals surface area contributed by atoms with Crippen molar-refractivity contribution in [2.24, 2.45) is 17.8 Å². The Morgan fingerprint density at radius 2 is 1.60 bits per heavy atom. The van der Waals surface area contributed by atoms with Gasteiger partial charge in [0.2, 0.25) is 0 Å². The Morgan fingerprint density at radius 3 is 2.30 bits per heavy atom. The highest BCUT2D eigenvalue weighted by molar-refractivity contribution is 6.05. The minimum Gasteiger partial charge on any atom is -0.465 e. The lowest BCUT2D eigenvalue weighted by atomic mass is 9.48. The number of hydrogen-bond acceptors (Lipinski definition) is 5. The fourth-order valence-corrected chi connectivity index (χ4v) is 7.90. The molecular weight excluding hydrogens is 502 g/mol. The van der Waals surface area contributed by atoms with Gasteiger partial charge >= 0.3 is 5.97 Å². The molecule has 40 heavy (non-hydrogen) atoms. The van der Waals surface area contributed by atoms with Gasteiger partial charge in [0.15, 0.2) is 0 Å². The van der Waals surface area contributed by atoms with Gasteiger partial charge in [-0.15, -0.1) is 0 Å². The highest BCUT2D eigenvalue weighted by atomic mass is 16.5. The van der Waals surface area contributed by atoms with E-state index in [4.69, 9.17) is 9.84 Å². The summed E-state index contributed by atoms with van der Waals surface area (Å²) in [6.07, 6.45) is 12.7. The van der Waals surface area contributed by atoms with E-state index in [1.54, 1.807) is 23.1 Å². The van der Waals surface area contributed by atoms with Crippen molar-refractivity contribution in [1.29, 1.82) is 0 Å². The van der Waals surface area contributed by atoms with E-state index in [1.165, 1.54) is 26.4 Å². The van der Waals surface area contributed by atoms with Crippen LogP contribution >= 0.6 is 0 Å². The molecule has 4 aliphatic rings. The number of methoxy groups -OCH3 is 1. The number of para-hydroxylation sites is 1. The fourth-order valence-electron chi connectivity index (χ4n) is 7.90. The number of amides is 1. The predicted molar refractivity (Wildman–Crippen MR) is 150 cm³/mol. The zero-order chi connectivity index (χ0) is 27.3. The Kier molecular flexibility index (Phi) is 6.06. The molecule has 0 saturated heterocycles. The molecule has 8 nitrogen and oxygen atoms in total. The van der Waals surface area contributed by atoms with Crippen molar-refractivity contribution < 1.29 is 14.3 Å². The van der Waals surface area contributed by atoms with Crippen molar-refractivity contribution in [2.45, 2.75) is 50.5 Å². The molecule has 0 spiro atoms. The predicted octanol–water partition coefficient (Wildman–Crippen LogP) is 5.62. The summed E-state index contributed by atoms with van der Waals surface area (Å²) in [6, 6.07) is 17.3. The number of carbonyl (C=O) groups excluding carboxylic acids is 2. The highest BCUT2D eigenvalue weighted by Gasteiger charge is 2.54. The summed E-state index contributed by atoms with van der Waals surface area (Å²) in [5, 5.41) is 12.6. The van der Waals surface area contributed by atoms with Gasteiger partial charge in [0.25, 0.3) is 5.91 Å². The van der Waals surface area contributed by atoms with Gasteiger partial charge in [-0.2, -0.15) is 10.2 Å². The van der Waals surface area contributed by atoms with Gasteiger partial charge in [-0.3, -0.25) is 9.48 Å². The SMILES string of the molecule is COC(=O)c1ccccc1Cn1cc(NC(=O)c2cn(-c3ccccc3)nc2C23CC4CC(CC(C4)C2)C3)cn1. The average Bonchev–Trinajstić information content (AvgIpc) is 3.61. The van der Waals surface area contributed by atoms with Gasteiger partial charge in [0.1, 0.15) is 0 Å². The molecule has 0 unspecified atom stereocenters. The third-order valence-corrected chi connectivity index (χ3v) is 9.17. The zero-order valence-corrected chi connectivity index (χ0v) is 22.6. The number of anilines is 1. The molecule has 2 heterocycles. The van der Waals surface area contributed by atoms with Crippen LogP contribution < -0.4 is 5.32 Å². The smallest absolute Gasteiger partial charge is 0.338 e. The number of rotatable bonds is 7. The second kappa shape index (κ2) is 9.77. The number of aromatic nitrogens is 4. The first-order valence-corrected chi connectivity index (χ1v) is 14.2. The molecule has 8 heteroatoms. The van der Waals surface area contributed by atoms with Crippen molar-refractivity contribution >= 4 is 17.6 Å². The summed E-state index contributed by atoms with van der Waals surface area (Å²) in [5.74, 6) is 1.69. The van der Waals surface area contributed by atoms with Gasteiger partial charge in [-0.25, -0.2) is 9.48 Å². The van der Waals surface area contributed by atoms with Gasteiger partial charge < -0.3 is 10.1 Å². The summed E-state index contributed by atoms with van der Waals surface area (Å²) >= 11 is 0. The summed E-state index contributed by atoms with van der Waals surface area (Å²) in [7, 11) is 1.37. The minimum atomic E-state index is -0.385. The lowest BCUT2D eigenvalue weighted by Gasteiger charge is -2.56. The van der Waals surface area contributed by atoms with Crippen molar-refractivity contribution in [1.82, 2.24) is 19.6 Å². The molecule has 1 N–H and O–H groups in total. The maximum Gasteiger partial charge on any atom is 0.338 e. The number of benzene rings is 2. The molecule has 204 valence electrons. The van der Waals surface area contributed by atoms with Crippen molar-refractivity contribution in [3.05, 3.63) is 95.6 Å². The first kappa shape index (κ1) is 24.8. The largest absolute Gasteiger partial charge is 0.465 e. The molecular formula is C32H33N5O3. The quantitative estimate of drug-likeness (QED) is 0.310. The maximum atomic E-state index is 13.9. The van der Waals surface area contributed by atoms with Gasteiger partial charge in [0, 0.05) is 17.8 Å². The first-order valence-electron chi connectivity index (χ1n) is 14.2. The molecule has 4 fully saturated rings. The van der Waals surface area contributed by atoms with Crippen LogP contribution in [-0.2, 0) is 16.7 Å². The zero-order valence-electron chi connectivity index (χ0n) is 22.6. The molecule has 0 aliphatic heterocycles. The molecule has 2 aromatic carbocycles. The van der Waals surface area contributed by atoms with E-state index in [0.29, 0.717) is 23.4 Å². The van der Waals surface area contributed by atoms with Crippen LogP contribution in [0.25, 0.3) is 5.69 Å². The van der Waals surface area contributed by atoms with Gasteiger partial charge in [-0.1, -0.05) is 36.4 Å². The summed E-state index contributed by atoms with van der Waals surface area (Å²) in [5.41, 5.74) is 4.42. The van der Waals surface area contributed by atoms with Gasteiger partial charge in [0.05, 0.1) is 48.0 Å². The van der Waals surface area contributed by atoms with Crippen LogP contribution in [0.5, 0.6) is 0 Å². The van der Waals surface area contributed by atoms with E-state index in [1.807, 2.05) is 59.4 Å². The van der Waals surface area contributed by atoms with Gasteiger partial charge in [-0.05, 0) is 80.0 Å². The highest BCUT2D eigenvalue weighted by Crippen LogP contribution is 2.61. The lowest BCUT2D eigenvalue weighted by Crippen LogP contribution is -2.49. The Bertz CT molecular complexity index is 1530. The van der Waals surface area contributed by atoms with Crippen LogP contribution in [0, 0.1) is 17.8 Å². The fraction of sp³-hybridized carbons (Fsp3) is 0.375. The van der Waals surface area contributed by atoms with Crippen LogP contribution in [0.4, 0.5) is 5.69 Å². The minimum absolute atomic E-state index is 0.0246. The normalized spacial score (nSPS) is 24.7. The van der Waals surface area contributed by atoms with E-state index < -0.39 is 0 Å². The number of carbonyl (C=O) groups is 2. The topological polar surface area (TPSA) is 91.0 Å². The van der Waals surface area contributed by atoms with Crippen LogP contribution in [-0.4, -0.2) is 38.5 Å². The van der Waals surface area contributed by atoms with Crippen LogP contribution in [0.3, 0.4) is 0 Å². The molecule has 2 aromatic heterocycles. The van der Waals surface area contributed by atoms with E-state index in [2.05, 4.69) is 10.4 Å². The maximum absolute atomic E-state index is 13.9. The standard InChI is InChI=1S/C32H33N5O3/c1-40-31(39)27-10-6-5-7-24(27)18-36-19-25(17-33-36)34-30(38)28-20-37(26-8-3-2-4-9-26)35-29(28)32-14-21-11-22(15-32)13-23(12-21)16-32/h2-10,17,19-23H,11-16,18H2,1H3,(H,34,38). The average molecular weight is 536 g/mol. The molecule has 4 aliphatic carbocycles. The second-order valence-corrected chi connectivity index (χ2v) is 11.9. The molecule has 0 atom stereocenters. The second-order valence-electron chi connectivity index (χ2n) is 11.9. The third-order valence-electron chi connectivity index (χ3n) is 9.17. The van der Waals surface area contributed by atoms with E-state index in [0.717, 1.165) is 54.0 Å². The monoisotopic (exact) mass is 535 g/mol. The summed E-state index contributed by atoms with van der Waals surface area (Å²) < 4.78 is 8.50. The number of ether oxygens (including phenoxy) is 1.